The first-order chi connectivity index (χ1) is 19.2. The molecule has 15 heteroatoms. The van der Waals surface area contributed by atoms with Crippen LogP contribution in [0.2, 0.25) is 0 Å². The molecule has 0 aliphatic carbocycles. The molecule has 10 nitrogen and oxygen atoms in total. The Hall–Kier alpha value is -4.53. The second-order valence-electron chi connectivity index (χ2n) is 8.97. The SMILES string of the molecule is CNC(=O)[C@@H](C)Cn1cnc2ccc(-c3cnc(OC)c(NS(=O)(=O)c4ccc(F)cc4C(F)(F)F)c3)cc2c1=O. The summed E-state index contributed by atoms with van der Waals surface area (Å²) in [6.45, 7) is 1.73. The molecule has 0 radical (unpaired) electrons. The number of aromatic nitrogens is 3. The van der Waals surface area contributed by atoms with Crippen molar-refractivity contribution in [2.24, 2.45) is 5.92 Å². The molecule has 2 aromatic heterocycles. The standard InChI is InChI=1S/C26H23F4N5O5S/c1-14(23(36)31-2)12-35-13-33-20-6-4-15(8-18(20)25(35)37)16-9-21(24(40-3)32-11-16)34-41(38,39)22-7-5-17(27)10-19(22)26(28,29)30/h4-11,13-14,34H,12H2,1-3H3,(H,31,36)/t14-/m0/s1. The zero-order chi connectivity index (χ0) is 30.1. The van der Waals surface area contributed by atoms with E-state index in [0.29, 0.717) is 23.2 Å². The number of hydrogen-bond acceptors (Lipinski definition) is 7. The number of ether oxygens (including phenoxy) is 1. The minimum absolute atomic E-state index is 0.0744. The van der Waals surface area contributed by atoms with Gasteiger partial charge in [-0.15, -0.1) is 0 Å². The van der Waals surface area contributed by atoms with E-state index in [-0.39, 0.29) is 41.0 Å². The van der Waals surface area contributed by atoms with Gasteiger partial charge in [0.25, 0.3) is 15.6 Å². The largest absolute Gasteiger partial charge is 0.480 e. The van der Waals surface area contributed by atoms with Gasteiger partial charge in [-0.3, -0.25) is 18.9 Å². The predicted octanol–water partition coefficient (Wildman–Crippen LogP) is 3.81. The second kappa shape index (κ2) is 11.2. The Morgan fingerprint density at radius 2 is 1.83 bits per heavy atom. The molecule has 216 valence electrons. The van der Waals surface area contributed by atoms with Crippen LogP contribution in [-0.4, -0.2) is 43.0 Å². The van der Waals surface area contributed by atoms with Gasteiger partial charge in [0.2, 0.25) is 11.8 Å². The summed E-state index contributed by atoms with van der Waals surface area (Å²) in [5, 5.41) is 2.72. The van der Waals surface area contributed by atoms with Crippen LogP contribution in [0.25, 0.3) is 22.0 Å². The predicted molar refractivity (Wildman–Crippen MR) is 141 cm³/mol. The van der Waals surface area contributed by atoms with Crippen LogP contribution in [0.5, 0.6) is 5.88 Å². The maximum Gasteiger partial charge on any atom is 0.417 e. The molecule has 0 spiro atoms. The molecule has 0 unspecified atom stereocenters. The molecule has 1 amide bonds. The van der Waals surface area contributed by atoms with Crippen LogP contribution >= 0.6 is 0 Å². The van der Waals surface area contributed by atoms with Crippen molar-refractivity contribution in [1.29, 1.82) is 0 Å². The molecule has 0 saturated heterocycles. The number of anilines is 1. The number of amides is 1. The Kier molecular flexibility index (Phi) is 8.01. The van der Waals surface area contributed by atoms with Crippen molar-refractivity contribution in [2.45, 2.75) is 24.5 Å². The molecule has 0 fully saturated rings. The van der Waals surface area contributed by atoms with E-state index >= 15 is 0 Å². The lowest BCUT2D eigenvalue weighted by Crippen LogP contribution is -2.32. The van der Waals surface area contributed by atoms with Gasteiger partial charge in [-0.1, -0.05) is 13.0 Å². The van der Waals surface area contributed by atoms with Gasteiger partial charge in [-0.2, -0.15) is 13.2 Å². The Morgan fingerprint density at radius 1 is 1.10 bits per heavy atom. The van der Waals surface area contributed by atoms with Gasteiger partial charge in [0, 0.05) is 25.4 Å². The summed E-state index contributed by atoms with van der Waals surface area (Å²) >= 11 is 0. The summed E-state index contributed by atoms with van der Waals surface area (Å²) < 4.78 is 88.5. The van der Waals surface area contributed by atoms with Gasteiger partial charge in [-0.25, -0.2) is 22.8 Å². The van der Waals surface area contributed by atoms with Crippen LogP contribution in [0.4, 0.5) is 23.2 Å². The first-order valence-electron chi connectivity index (χ1n) is 11.9. The Balaban J connectivity index is 1.76. The van der Waals surface area contributed by atoms with E-state index in [1.807, 2.05) is 4.72 Å². The fourth-order valence-corrected chi connectivity index (χ4v) is 5.35. The van der Waals surface area contributed by atoms with Crippen LogP contribution in [0.15, 0.2) is 64.7 Å². The highest BCUT2D eigenvalue weighted by molar-refractivity contribution is 7.92. The first kappa shape index (κ1) is 29.5. The van der Waals surface area contributed by atoms with Crippen molar-refractivity contribution < 1.29 is 35.5 Å². The van der Waals surface area contributed by atoms with Gasteiger partial charge in [0.05, 0.1) is 40.7 Å². The third-order valence-corrected chi connectivity index (χ3v) is 7.57. The highest BCUT2D eigenvalue weighted by atomic mass is 32.2. The normalized spacial score (nSPS) is 12.7. The summed E-state index contributed by atoms with van der Waals surface area (Å²) in [5.41, 5.74) is -1.36. The van der Waals surface area contributed by atoms with E-state index in [9.17, 15) is 35.6 Å². The molecule has 0 aliphatic rings. The molecule has 41 heavy (non-hydrogen) atoms. The highest BCUT2D eigenvalue weighted by Crippen LogP contribution is 2.37. The third-order valence-electron chi connectivity index (χ3n) is 6.15. The van der Waals surface area contributed by atoms with E-state index in [1.54, 1.807) is 19.1 Å². The van der Waals surface area contributed by atoms with Crippen LogP contribution in [0.3, 0.4) is 0 Å². The van der Waals surface area contributed by atoms with Crippen molar-refractivity contribution in [3.63, 3.8) is 0 Å². The Labute approximate surface area is 231 Å². The molecule has 0 bridgehead atoms. The van der Waals surface area contributed by atoms with Crippen LogP contribution in [0, 0.1) is 11.7 Å². The number of nitrogens with one attached hydrogen (secondary N) is 2. The molecular formula is C26H23F4N5O5S. The number of pyridine rings is 1. The number of benzene rings is 2. The van der Waals surface area contributed by atoms with E-state index in [1.165, 1.54) is 43.4 Å². The first-order valence-corrected chi connectivity index (χ1v) is 13.4. The molecule has 0 aliphatic heterocycles. The lowest BCUT2D eigenvalue weighted by molar-refractivity contribution is -0.140. The summed E-state index contributed by atoms with van der Waals surface area (Å²) in [6, 6.07) is 7.11. The zero-order valence-electron chi connectivity index (χ0n) is 21.8. The zero-order valence-corrected chi connectivity index (χ0v) is 22.6. The van der Waals surface area contributed by atoms with E-state index < -0.39 is 44.0 Å². The molecule has 4 rings (SSSR count). The minimum Gasteiger partial charge on any atom is -0.480 e. The molecule has 2 heterocycles. The number of carbonyl (C=O) groups excluding carboxylic acids is 1. The molecular weight excluding hydrogens is 570 g/mol. The number of nitrogens with zero attached hydrogens (tertiary/aromatic N) is 3. The number of fused-ring (bicyclic) bond motifs is 1. The third kappa shape index (κ3) is 6.14. The van der Waals surface area contributed by atoms with Gasteiger partial charge in [0.15, 0.2) is 0 Å². The number of methoxy groups -OCH3 is 1. The van der Waals surface area contributed by atoms with E-state index in [0.717, 1.165) is 0 Å². The average molecular weight is 594 g/mol. The number of alkyl halides is 3. The van der Waals surface area contributed by atoms with Gasteiger partial charge in [-0.05, 0) is 42.0 Å². The fourth-order valence-electron chi connectivity index (χ4n) is 4.10. The van der Waals surface area contributed by atoms with E-state index in [4.69, 9.17) is 4.74 Å². The number of hydrogen-bond donors (Lipinski definition) is 2. The van der Waals surface area contributed by atoms with Crippen LogP contribution < -0.4 is 20.3 Å². The molecule has 4 aromatic rings. The number of halogens is 4. The average Bonchev–Trinajstić information content (AvgIpc) is 2.93. The Morgan fingerprint density at radius 3 is 2.49 bits per heavy atom. The van der Waals surface area contributed by atoms with Crippen molar-refractivity contribution in [1.82, 2.24) is 19.9 Å². The van der Waals surface area contributed by atoms with Gasteiger partial charge in [0.1, 0.15) is 11.5 Å². The second-order valence-corrected chi connectivity index (χ2v) is 10.6. The lowest BCUT2D eigenvalue weighted by Gasteiger charge is -2.16. The molecule has 1 atom stereocenters. The van der Waals surface area contributed by atoms with Gasteiger partial charge < -0.3 is 10.1 Å². The van der Waals surface area contributed by atoms with Crippen molar-refractivity contribution in [2.75, 3.05) is 18.9 Å². The summed E-state index contributed by atoms with van der Waals surface area (Å²) in [6.07, 6.45) is -2.50. The van der Waals surface area contributed by atoms with Crippen molar-refractivity contribution >= 4 is 32.5 Å². The Bertz CT molecular complexity index is 1810. The van der Waals surface area contributed by atoms with Gasteiger partial charge >= 0.3 is 6.18 Å². The molecule has 0 saturated carbocycles. The molecule has 2 aromatic carbocycles. The maximum atomic E-state index is 13.5. The quantitative estimate of drug-likeness (QED) is 0.297. The topological polar surface area (TPSA) is 132 Å². The van der Waals surface area contributed by atoms with Crippen LogP contribution in [-0.2, 0) is 27.5 Å². The number of carbonyl (C=O) groups is 1. The minimum atomic E-state index is -5.15. The number of sulfonamides is 1. The van der Waals surface area contributed by atoms with Crippen molar-refractivity contribution in [3.05, 3.63) is 76.7 Å². The molecule has 2 N–H and O–H groups in total. The summed E-state index contributed by atoms with van der Waals surface area (Å²) in [7, 11) is -2.23. The monoisotopic (exact) mass is 593 g/mol. The van der Waals surface area contributed by atoms with Crippen molar-refractivity contribution in [3.8, 4) is 17.0 Å². The smallest absolute Gasteiger partial charge is 0.417 e. The maximum absolute atomic E-state index is 13.5. The number of rotatable bonds is 8. The fraction of sp³-hybridized carbons (Fsp3) is 0.231. The highest BCUT2D eigenvalue weighted by Gasteiger charge is 2.38. The lowest BCUT2D eigenvalue weighted by atomic mass is 10.0. The summed E-state index contributed by atoms with van der Waals surface area (Å²) in [5.74, 6) is -2.28. The summed E-state index contributed by atoms with van der Waals surface area (Å²) in [4.78, 5) is 32.2. The van der Waals surface area contributed by atoms with E-state index in [2.05, 4.69) is 15.3 Å². The van der Waals surface area contributed by atoms with Crippen LogP contribution in [0.1, 0.15) is 12.5 Å².